The van der Waals surface area contributed by atoms with Crippen molar-refractivity contribution >= 4 is 6.21 Å². The molecule has 1 heterocycles. The molecule has 0 aliphatic carbocycles. The normalized spacial score (nSPS) is 20.9. The van der Waals surface area contributed by atoms with Crippen LogP contribution in [0.15, 0.2) is 29.4 Å². The molecule has 2 rings (SSSR count). The minimum absolute atomic E-state index is 0.464. The maximum atomic E-state index is 3.99. The molecule has 12 heavy (non-hydrogen) atoms. The summed E-state index contributed by atoms with van der Waals surface area (Å²) >= 11 is 0. The molecule has 0 bridgehead atoms. The van der Waals surface area contributed by atoms with Gasteiger partial charge in [-0.05, 0) is 12.5 Å². The molecule has 0 amide bonds. The topological polar surface area (TPSA) is 24.4 Å². The van der Waals surface area contributed by atoms with Gasteiger partial charge in [-0.2, -0.15) is 5.10 Å². The molecule has 2 heteroatoms. The van der Waals surface area contributed by atoms with Crippen molar-refractivity contribution in [1.82, 2.24) is 5.43 Å². The summed E-state index contributed by atoms with van der Waals surface area (Å²) in [5.74, 6) is 0.464. The predicted octanol–water partition coefficient (Wildman–Crippen LogP) is 1.67. The summed E-state index contributed by atoms with van der Waals surface area (Å²) in [6.07, 6.45) is 1.96. The average molecular weight is 160 g/mol. The van der Waals surface area contributed by atoms with E-state index in [0.29, 0.717) is 5.92 Å². The predicted molar refractivity (Wildman–Crippen MR) is 50.4 cm³/mol. The summed E-state index contributed by atoms with van der Waals surface area (Å²) in [7, 11) is 0. The van der Waals surface area contributed by atoms with Crippen LogP contribution in [0.5, 0.6) is 0 Å². The fraction of sp³-hybridized carbons (Fsp3) is 0.300. The van der Waals surface area contributed by atoms with E-state index >= 15 is 0 Å². The summed E-state index contributed by atoms with van der Waals surface area (Å²) in [6, 6.07) is 8.61. The average Bonchev–Trinajstić information content (AvgIpc) is 2.58. The van der Waals surface area contributed by atoms with Gasteiger partial charge >= 0.3 is 0 Å². The summed E-state index contributed by atoms with van der Waals surface area (Å²) in [6.45, 7) is 3.04. The van der Waals surface area contributed by atoms with Gasteiger partial charge < -0.3 is 5.43 Å². The van der Waals surface area contributed by atoms with Gasteiger partial charge in [0.05, 0.1) is 0 Å². The molecule has 1 aromatic carbocycles. The third kappa shape index (κ3) is 1.33. The lowest BCUT2D eigenvalue weighted by Crippen LogP contribution is -2.08. The largest absolute Gasteiger partial charge is 0.309 e. The number of aryl methyl sites for hydroxylation is 1. The fourth-order valence-corrected chi connectivity index (χ4v) is 1.36. The number of nitrogens with one attached hydrogen (secondary N) is 1. The van der Waals surface area contributed by atoms with Gasteiger partial charge in [0, 0.05) is 18.7 Å². The Morgan fingerprint density at radius 2 is 2.08 bits per heavy atom. The molecule has 0 aromatic heterocycles. The lowest BCUT2D eigenvalue weighted by molar-refractivity contribution is 0.764. The molecule has 1 aliphatic heterocycles. The highest BCUT2D eigenvalue weighted by Gasteiger charge is 2.11. The zero-order chi connectivity index (χ0) is 8.39. The number of hydrogen-bond acceptors (Lipinski definition) is 2. The maximum absolute atomic E-state index is 3.99. The Morgan fingerprint density at radius 1 is 1.33 bits per heavy atom. The van der Waals surface area contributed by atoms with Crippen LogP contribution in [0.4, 0.5) is 0 Å². The van der Waals surface area contributed by atoms with Gasteiger partial charge in [-0.25, -0.2) is 0 Å². The second kappa shape index (κ2) is 2.97. The molecule has 0 fully saturated rings. The van der Waals surface area contributed by atoms with Gasteiger partial charge in [-0.3, -0.25) is 0 Å². The van der Waals surface area contributed by atoms with E-state index < -0.39 is 0 Å². The molecule has 1 atom stereocenters. The summed E-state index contributed by atoms with van der Waals surface area (Å²) in [5, 5.41) is 3.99. The molecule has 1 N–H and O–H groups in total. The first-order valence-electron chi connectivity index (χ1n) is 4.19. The van der Waals surface area contributed by atoms with Crippen LogP contribution in [0.1, 0.15) is 17.0 Å². The molecule has 1 unspecified atom stereocenters. The van der Waals surface area contributed by atoms with Crippen LogP contribution >= 0.6 is 0 Å². The van der Waals surface area contributed by atoms with E-state index in [4.69, 9.17) is 0 Å². The van der Waals surface area contributed by atoms with Gasteiger partial charge in [0.25, 0.3) is 0 Å². The minimum Gasteiger partial charge on any atom is -0.309 e. The van der Waals surface area contributed by atoms with Crippen molar-refractivity contribution in [1.29, 1.82) is 0 Å². The summed E-state index contributed by atoms with van der Waals surface area (Å²) in [5.41, 5.74) is 5.60. The van der Waals surface area contributed by atoms with E-state index in [2.05, 4.69) is 41.7 Å². The van der Waals surface area contributed by atoms with Crippen molar-refractivity contribution in [3.05, 3.63) is 35.4 Å². The second-order valence-electron chi connectivity index (χ2n) is 3.16. The zero-order valence-corrected chi connectivity index (χ0v) is 7.12. The fourth-order valence-electron chi connectivity index (χ4n) is 1.36. The van der Waals surface area contributed by atoms with Crippen LogP contribution in [0, 0.1) is 6.92 Å². The Hall–Kier alpha value is -1.31. The quantitative estimate of drug-likeness (QED) is 0.664. The Bertz CT molecular complexity index is 287. The zero-order valence-electron chi connectivity index (χ0n) is 7.12. The third-order valence-corrected chi connectivity index (χ3v) is 2.16. The summed E-state index contributed by atoms with van der Waals surface area (Å²) < 4.78 is 0. The molecule has 1 aromatic rings. The molecular formula is C10H12N2. The molecule has 62 valence electrons. The van der Waals surface area contributed by atoms with Crippen LogP contribution in [0.3, 0.4) is 0 Å². The van der Waals surface area contributed by atoms with Crippen LogP contribution in [-0.4, -0.2) is 12.8 Å². The first kappa shape index (κ1) is 7.35. The van der Waals surface area contributed by atoms with Crippen molar-refractivity contribution in [2.45, 2.75) is 12.8 Å². The summed E-state index contributed by atoms with van der Waals surface area (Å²) in [4.78, 5) is 0. The number of hydrazone groups is 1. The Morgan fingerprint density at radius 3 is 2.67 bits per heavy atom. The second-order valence-corrected chi connectivity index (χ2v) is 3.16. The van der Waals surface area contributed by atoms with Crippen molar-refractivity contribution in [2.24, 2.45) is 5.10 Å². The highest BCUT2D eigenvalue weighted by Crippen LogP contribution is 2.15. The Labute approximate surface area is 72.3 Å². The minimum atomic E-state index is 0.464. The molecule has 0 saturated carbocycles. The SMILES string of the molecule is Cc1ccc(C2C=NNC2)cc1. The van der Waals surface area contributed by atoms with Crippen molar-refractivity contribution < 1.29 is 0 Å². The van der Waals surface area contributed by atoms with Gasteiger partial charge in [0.2, 0.25) is 0 Å². The molecule has 0 radical (unpaired) electrons. The van der Waals surface area contributed by atoms with Crippen LogP contribution in [0.25, 0.3) is 0 Å². The molecule has 1 aliphatic rings. The van der Waals surface area contributed by atoms with Gasteiger partial charge in [0.15, 0.2) is 0 Å². The number of benzene rings is 1. The van der Waals surface area contributed by atoms with Crippen molar-refractivity contribution in [3.8, 4) is 0 Å². The van der Waals surface area contributed by atoms with E-state index in [9.17, 15) is 0 Å². The molecule has 2 nitrogen and oxygen atoms in total. The standard InChI is InChI=1S/C10H12N2/c1-8-2-4-9(5-3-8)10-6-11-12-7-10/h2-6,10,12H,7H2,1H3. The number of hydrogen-bond donors (Lipinski definition) is 1. The highest BCUT2D eigenvalue weighted by molar-refractivity contribution is 5.69. The van der Waals surface area contributed by atoms with Crippen molar-refractivity contribution in [2.75, 3.05) is 6.54 Å². The van der Waals surface area contributed by atoms with E-state index in [1.165, 1.54) is 11.1 Å². The van der Waals surface area contributed by atoms with Crippen LogP contribution in [0.2, 0.25) is 0 Å². The van der Waals surface area contributed by atoms with Crippen LogP contribution < -0.4 is 5.43 Å². The van der Waals surface area contributed by atoms with E-state index in [1.54, 1.807) is 0 Å². The highest BCUT2D eigenvalue weighted by atomic mass is 15.3. The Balaban J connectivity index is 2.23. The third-order valence-electron chi connectivity index (χ3n) is 2.16. The molecule has 0 spiro atoms. The first-order valence-corrected chi connectivity index (χ1v) is 4.19. The lowest BCUT2D eigenvalue weighted by atomic mass is 10.0. The maximum Gasteiger partial charge on any atom is 0.0448 e. The smallest absolute Gasteiger partial charge is 0.0448 e. The first-order chi connectivity index (χ1) is 5.86. The van der Waals surface area contributed by atoms with Crippen LogP contribution in [-0.2, 0) is 0 Å². The van der Waals surface area contributed by atoms with E-state index in [-0.39, 0.29) is 0 Å². The number of nitrogens with zero attached hydrogens (tertiary/aromatic N) is 1. The van der Waals surface area contributed by atoms with Gasteiger partial charge in [-0.1, -0.05) is 29.8 Å². The monoisotopic (exact) mass is 160 g/mol. The van der Waals surface area contributed by atoms with Gasteiger partial charge in [0.1, 0.15) is 0 Å². The molecular weight excluding hydrogens is 148 g/mol. The number of rotatable bonds is 1. The van der Waals surface area contributed by atoms with E-state index in [0.717, 1.165) is 6.54 Å². The van der Waals surface area contributed by atoms with Crippen molar-refractivity contribution in [3.63, 3.8) is 0 Å². The Kier molecular flexibility index (Phi) is 1.82. The molecule has 0 saturated heterocycles. The van der Waals surface area contributed by atoms with Gasteiger partial charge in [-0.15, -0.1) is 0 Å². The van der Waals surface area contributed by atoms with E-state index in [1.807, 2.05) is 6.21 Å². The lowest BCUT2D eigenvalue weighted by Gasteiger charge is -2.05.